The highest BCUT2D eigenvalue weighted by atomic mass is 16.3. The molecule has 2 aromatic heterocycles. The number of rotatable bonds is 3. The van der Waals surface area contributed by atoms with Gasteiger partial charge >= 0.3 is 0 Å². The number of furan rings is 2. The van der Waals surface area contributed by atoms with Crippen LogP contribution in [0.25, 0.3) is 76.2 Å². The van der Waals surface area contributed by atoms with Crippen LogP contribution < -0.4 is 4.90 Å². The average molecular weight is 576 g/mol. The Morgan fingerprint density at radius 3 is 1.89 bits per heavy atom. The predicted molar refractivity (Wildman–Crippen MR) is 188 cm³/mol. The Kier molecular flexibility index (Phi) is 5.00. The van der Waals surface area contributed by atoms with Crippen LogP contribution in [0.4, 0.5) is 17.1 Å². The summed E-state index contributed by atoms with van der Waals surface area (Å²) in [6.45, 7) is 0. The van der Waals surface area contributed by atoms with Crippen LogP contribution >= 0.6 is 0 Å². The smallest absolute Gasteiger partial charge is 0.143 e. The molecule has 210 valence electrons. The maximum absolute atomic E-state index is 6.42. The van der Waals surface area contributed by atoms with E-state index >= 15 is 0 Å². The standard InChI is InChI=1S/C42H25NO2/c1-2-9-28(10-3-1)43(36-13-8-16-39-41(36)35-12-5-7-15-38(35)44-39)29-20-22-30-27(25-29)18-17-26-19-21-34-32(40(26)30)23-24-33-31-11-4-6-14-37(31)45-42(33)34/h1-25H. The first-order chi connectivity index (χ1) is 22.3. The van der Waals surface area contributed by atoms with Gasteiger partial charge in [0.05, 0.1) is 11.1 Å². The average Bonchev–Trinajstić information content (AvgIpc) is 3.67. The van der Waals surface area contributed by atoms with Crippen LogP contribution in [0.2, 0.25) is 0 Å². The summed E-state index contributed by atoms with van der Waals surface area (Å²) in [6, 6.07) is 53.7. The van der Waals surface area contributed by atoms with E-state index in [0.717, 1.165) is 66.3 Å². The highest BCUT2D eigenvalue weighted by molar-refractivity contribution is 6.26. The Labute approximate surface area is 258 Å². The fourth-order valence-corrected chi connectivity index (χ4v) is 7.23. The number of fused-ring (bicyclic) bond motifs is 12. The summed E-state index contributed by atoms with van der Waals surface area (Å²) in [5.74, 6) is 0. The molecule has 45 heavy (non-hydrogen) atoms. The Hall–Kier alpha value is -6.06. The van der Waals surface area contributed by atoms with Crippen LogP contribution in [0.15, 0.2) is 160 Å². The van der Waals surface area contributed by atoms with Crippen molar-refractivity contribution in [1.82, 2.24) is 0 Å². The van der Waals surface area contributed by atoms with Crippen molar-refractivity contribution in [2.45, 2.75) is 0 Å². The van der Waals surface area contributed by atoms with Crippen molar-refractivity contribution < 1.29 is 8.83 Å². The Balaban J connectivity index is 1.23. The maximum Gasteiger partial charge on any atom is 0.143 e. The number of hydrogen-bond donors (Lipinski definition) is 0. The van der Waals surface area contributed by atoms with E-state index in [1.807, 2.05) is 24.3 Å². The van der Waals surface area contributed by atoms with Gasteiger partial charge in [0.15, 0.2) is 0 Å². The highest BCUT2D eigenvalue weighted by Crippen LogP contribution is 2.44. The van der Waals surface area contributed by atoms with Gasteiger partial charge in [-0.2, -0.15) is 0 Å². The molecule has 0 unspecified atom stereocenters. The third-order valence-electron chi connectivity index (χ3n) is 9.21. The second-order valence-corrected chi connectivity index (χ2v) is 11.7. The molecule has 0 bridgehead atoms. The second-order valence-electron chi connectivity index (χ2n) is 11.7. The van der Waals surface area contributed by atoms with Gasteiger partial charge in [0, 0.05) is 32.9 Å². The molecule has 0 aliphatic heterocycles. The molecule has 0 saturated carbocycles. The Morgan fingerprint density at radius 1 is 0.356 bits per heavy atom. The summed E-state index contributed by atoms with van der Waals surface area (Å²) < 4.78 is 12.7. The van der Waals surface area contributed by atoms with Gasteiger partial charge in [-0.1, -0.05) is 91.0 Å². The monoisotopic (exact) mass is 575 g/mol. The van der Waals surface area contributed by atoms with Gasteiger partial charge in [0.1, 0.15) is 22.3 Å². The topological polar surface area (TPSA) is 29.5 Å². The van der Waals surface area contributed by atoms with E-state index in [0.29, 0.717) is 0 Å². The fourth-order valence-electron chi connectivity index (χ4n) is 7.23. The zero-order valence-electron chi connectivity index (χ0n) is 24.2. The van der Waals surface area contributed by atoms with Crippen molar-refractivity contribution in [2.75, 3.05) is 4.90 Å². The first-order valence-electron chi connectivity index (χ1n) is 15.3. The largest absolute Gasteiger partial charge is 0.456 e. The Bertz CT molecular complexity index is 2770. The first-order valence-corrected chi connectivity index (χ1v) is 15.3. The van der Waals surface area contributed by atoms with Gasteiger partial charge in [0.25, 0.3) is 0 Å². The van der Waals surface area contributed by atoms with E-state index in [1.54, 1.807) is 0 Å². The summed E-state index contributed by atoms with van der Waals surface area (Å²) in [7, 11) is 0. The van der Waals surface area contributed by atoms with Crippen LogP contribution in [0, 0.1) is 0 Å². The van der Waals surface area contributed by atoms with Crippen LogP contribution in [-0.4, -0.2) is 0 Å². The van der Waals surface area contributed by atoms with Crippen molar-refractivity contribution in [3.8, 4) is 0 Å². The van der Waals surface area contributed by atoms with Crippen LogP contribution in [0.5, 0.6) is 0 Å². The van der Waals surface area contributed by atoms with Crippen molar-refractivity contribution >= 4 is 93.3 Å². The van der Waals surface area contributed by atoms with Crippen molar-refractivity contribution in [3.63, 3.8) is 0 Å². The number of benzene rings is 8. The van der Waals surface area contributed by atoms with Gasteiger partial charge < -0.3 is 13.7 Å². The molecule has 0 amide bonds. The molecule has 0 saturated heterocycles. The molecule has 3 heteroatoms. The minimum atomic E-state index is 0.879. The molecule has 0 atom stereocenters. The molecule has 10 aromatic rings. The third kappa shape index (κ3) is 3.52. The molecule has 3 nitrogen and oxygen atoms in total. The fraction of sp³-hybridized carbons (Fsp3) is 0. The van der Waals surface area contributed by atoms with E-state index in [9.17, 15) is 0 Å². The number of para-hydroxylation sites is 3. The Morgan fingerprint density at radius 2 is 1.00 bits per heavy atom. The molecule has 8 aromatic carbocycles. The summed E-state index contributed by atoms with van der Waals surface area (Å²) in [5.41, 5.74) is 6.90. The van der Waals surface area contributed by atoms with Gasteiger partial charge in [-0.3, -0.25) is 0 Å². The van der Waals surface area contributed by atoms with Gasteiger partial charge in [0.2, 0.25) is 0 Å². The zero-order valence-corrected chi connectivity index (χ0v) is 24.2. The molecule has 0 fully saturated rings. The van der Waals surface area contributed by atoms with Crippen LogP contribution in [-0.2, 0) is 0 Å². The quantitative estimate of drug-likeness (QED) is 0.196. The lowest BCUT2D eigenvalue weighted by Gasteiger charge is -2.26. The normalized spacial score (nSPS) is 12.0. The maximum atomic E-state index is 6.42. The summed E-state index contributed by atoms with van der Waals surface area (Å²) in [6.07, 6.45) is 0. The van der Waals surface area contributed by atoms with Crippen LogP contribution in [0.1, 0.15) is 0 Å². The van der Waals surface area contributed by atoms with Gasteiger partial charge in [-0.05, 0) is 87.6 Å². The molecule has 0 aliphatic rings. The van der Waals surface area contributed by atoms with E-state index in [4.69, 9.17) is 8.83 Å². The minimum Gasteiger partial charge on any atom is -0.456 e. The molecular weight excluding hydrogens is 550 g/mol. The second kappa shape index (κ2) is 9.22. The molecule has 0 radical (unpaired) electrons. The van der Waals surface area contributed by atoms with E-state index in [-0.39, 0.29) is 0 Å². The molecule has 0 spiro atoms. The lowest BCUT2D eigenvalue weighted by Crippen LogP contribution is -2.10. The van der Waals surface area contributed by atoms with Crippen molar-refractivity contribution in [1.29, 1.82) is 0 Å². The van der Waals surface area contributed by atoms with Crippen molar-refractivity contribution in [3.05, 3.63) is 152 Å². The number of nitrogens with zero attached hydrogens (tertiary/aromatic N) is 1. The summed E-state index contributed by atoms with van der Waals surface area (Å²) in [4.78, 5) is 2.34. The summed E-state index contributed by atoms with van der Waals surface area (Å²) >= 11 is 0. The van der Waals surface area contributed by atoms with Crippen molar-refractivity contribution in [2.24, 2.45) is 0 Å². The third-order valence-corrected chi connectivity index (χ3v) is 9.21. The van der Waals surface area contributed by atoms with Gasteiger partial charge in [-0.25, -0.2) is 0 Å². The zero-order chi connectivity index (χ0) is 29.5. The molecule has 0 aliphatic carbocycles. The van der Waals surface area contributed by atoms with Crippen LogP contribution in [0.3, 0.4) is 0 Å². The van der Waals surface area contributed by atoms with Gasteiger partial charge in [-0.15, -0.1) is 0 Å². The highest BCUT2D eigenvalue weighted by Gasteiger charge is 2.20. The molecule has 0 N–H and O–H groups in total. The summed E-state index contributed by atoms with van der Waals surface area (Å²) in [5, 5.41) is 11.7. The number of anilines is 3. The molecule has 2 heterocycles. The first kappa shape index (κ1) is 24.4. The molecular formula is C42H25NO2. The minimum absolute atomic E-state index is 0.879. The van der Waals surface area contributed by atoms with E-state index in [2.05, 4.69) is 132 Å². The number of hydrogen-bond acceptors (Lipinski definition) is 3. The SMILES string of the molecule is c1ccc(N(c2ccc3c(ccc4ccc5c(ccc6c7ccccc7oc65)c43)c2)c2cccc3oc4ccccc4c23)cc1. The van der Waals surface area contributed by atoms with E-state index in [1.165, 1.54) is 26.9 Å². The lowest BCUT2D eigenvalue weighted by molar-refractivity contribution is 0.669. The predicted octanol–water partition coefficient (Wildman–Crippen LogP) is 12.4. The van der Waals surface area contributed by atoms with E-state index < -0.39 is 0 Å². The lowest BCUT2D eigenvalue weighted by atomic mass is 9.95. The molecule has 10 rings (SSSR count).